The van der Waals surface area contributed by atoms with Crippen LogP contribution >= 0.6 is 0 Å². The van der Waals surface area contributed by atoms with E-state index in [1.54, 1.807) is 6.07 Å². The summed E-state index contributed by atoms with van der Waals surface area (Å²) in [6.45, 7) is 1.90. The van der Waals surface area contributed by atoms with Crippen LogP contribution in [0.1, 0.15) is 54.7 Å². The van der Waals surface area contributed by atoms with Crippen LogP contribution in [0.2, 0.25) is 0 Å². The van der Waals surface area contributed by atoms with Gasteiger partial charge in [-0.15, -0.1) is 0 Å². The number of hydrogen-bond donors (Lipinski definition) is 1. The van der Waals surface area contributed by atoms with E-state index in [1.165, 1.54) is 12.7 Å². The lowest BCUT2D eigenvalue weighted by Crippen LogP contribution is -2.39. The molecule has 1 aromatic heterocycles. The van der Waals surface area contributed by atoms with Crippen LogP contribution in [0, 0.1) is 30.1 Å². The fourth-order valence-electron chi connectivity index (χ4n) is 5.50. The Bertz CT molecular complexity index is 640. The van der Waals surface area contributed by atoms with E-state index in [-0.39, 0.29) is 17.4 Å². The first kappa shape index (κ1) is 14.9. The van der Waals surface area contributed by atoms with Crippen molar-refractivity contribution in [3.63, 3.8) is 0 Å². The summed E-state index contributed by atoms with van der Waals surface area (Å²) in [5.74, 6) is 1.82. The van der Waals surface area contributed by atoms with E-state index in [0.29, 0.717) is 23.4 Å². The average Bonchev–Trinajstić information content (AvgIpc) is 2.71. The molecule has 3 aliphatic rings. The standard InChI is InChI=1S/C19H24N2O2/c1-12-3-2-4-17(20-12)18(23)21-16-6-13-5-14-9-19(8-13,11-22)10-15(14)7-16/h2-4,11,13-16H,5-10H2,1H3,(H,21,23). The van der Waals surface area contributed by atoms with Gasteiger partial charge >= 0.3 is 0 Å². The molecule has 0 aromatic carbocycles. The maximum Gasteiger partial charge on any atom is 0.270 e. The summed E-state index contributed by atoms with van der Waals surface area (Å²) in [6, 6.07) is 5.78. The first-order valence-corrected chi connectivity index (χ1v) is 8.78. The molecule has 3 bridgehead atoms. The molecule has 4 nitrogen and oxygen atoms in total. The van der Waals surface area contributed by atoms with Crippen molar-refractivity contribution in [3.8, 4) is 0 Å². The van der Waals surface area contributed by atoms with Crippen LogP contribution in [0.15, 0.2) is 18.2 Å². The number of carbonyl (C=O) groups is 2. The van der Waals surface area contributed by atoms with Crippen LogP contribution in [0.25, 0.3) is 0 Å². The zero-order chi connectivity index (χ0) is 16.0. The van der Waals surface area contributed by atoms with Gasteiger partial charge in [0.2, 0.25) is 0 Å². The fourth-order valence-corrected chi connectivity index (χ4v) is 5.50. The second-order valence-corrected chi connectivity index (χ2v) is 8.02. The Kier molecular flexibility index (Phi) is 3.51. The highest BCUT2D eigenvalue weighted by Crippen LogP contribution is 2.59. The Morgan fingerprint density at radius 1 is 1.22 bits per heavy atom. The molecule has 3 saturated carbocycles. The topological polar surface area (TPSA) is 59.1 Å². The molecular weight excluding hydrogens is 288 g/mol. The van der Waals surface area contributed by atoms with Crippen LogP contribution < -0.4 is 5.32 Å². The van der Waals surface area contributed by atoms with Crippen molar-refractivity contribution in [1.82, 2.24) is 10.3 Å². The highest BCUT2D eigenvalue weighted by atomic mass is 16.2. The van der Waals surface area contributed by atoms with Gasteiger partial charge in [0.1, 0.15) is 12.0 Å². The first-order chi connectivity index (χ1) is 11.1. The number of amides is 1. The van der Waals surface area contributed by atoms with Gasteiger partial charge in [0.25, 0.3) is 5.91 Å². The molecular formula is C19H24N2O2. The zero-order valence-corrected chi connectivity index (χ0v) is 13.6. The van der Waals surface area contributed by atoms with Gasteiger partial charge < -0.3 is 10.1 Å². The number of nitrogens with zero attached hydrogens (tertiary/aromatic N) is 1. The molecule has 0 aliphatic heterocycles. The number of pyridine rings is 1. The minimum absolute atomic E-state index is 0.0364. The van der Waals surface area contributed by atoms with E-state index in [4.69, 9.17) is 0 Å². The highest BCUT2D eigenvalue weighted by Gasteiger charge is 2.53. The molecule has 3 aliphatic carbocycles. The number of aromatic nitrogens is 1. The van der Waals surface area contributed by atoms with Crippen molar-refractivity contribution in [2.24, 2.45) is 23.2 Å². The van der Waals surface area contributed by atoms with Crippen LogP contribution in [0.3, 0.4) is 0 Å². The monoisotopic (exact) mass is 312 g/mol. The second kappa shape index (κ2) is 5.43. The molecule has 0 radical (unpaired) electrons. The van der Waals surface area contributed by atoms with Gasteiger partial charge in [0.15, 0.2) is 0 Å². The lowest BCUT2D eigenvalue weighted by atomic mass is 9.70. The van der Waals surface area contributed by atoms with E-state index in [2.05, 4.69) is 10.3 Å². The quantitative estimate of drug-likeness (QED) is 0.873. The molecule has 1 amide bonds. The molecule has 5 atom stereocenters. The van der Waals surface area contributed by atoms with Crippen molar-refractivity contribution < 1.29 is 9.59 Å². The molecule has 0 spiro atoms. The van der Waals surface area contributed by atoms with Crippen LogP contribution in [0.5, 0.6) is 0 Å². The van der Waals surface area contributed by atoms with Crippen molar-refractivity contribution in [2.75, 3.05) is 0 Å². The maximum absolute atomic E-state index is 12.5. The smallest absolute Gasteiger partial charge is 0.270 e. The average molecular weight is 312 g/mol. The van der Waals surface area contributed by atoms with Crippen molar-refractivity contribution in [2.45, 2.75) is 51.5 Å². The van der Waals surface area contributed by atoms with Gasteiger partial charge in [-0.25, -0.2) is 4.98 Å². The third-order valence-electron chi connectivity index (χ3n) is 6.25. The van der Waals surface area contributed by atoms with Gasteiger partial charge in [-0.1, -0.05) is 6.07 Å². The fraction of sp³-hybridized carbons (Fsp3) is 0.632. The third kappa shape index (κ3) is 2.68. The molecule has 1 N–H and O–H groups in total. The largest absolute Gasteiger partial charge is 0.348 e. The molecule has 0 saturated heterocycles. The summed E-state index contributed by atoms with van der Waals surface area (Å²) >= 11 is 0. The lowest BCUT2D eigenvalue weighted by Gasteiger charge is -2.35. The summed E-state index contributed by atoms with van der Waals surface area (Å²) < 4.78 is 0. The van der Waals surface area contributed by atoms with E-state index >= 15 is 0 Å². The van der Waals surface area contributed by atoms with Crippen molar-refractivity contribution >= 4 is 12.2 Å². The van der Waals surface area contributed by atoms with Crippen LogP contribution in [-0.4, -0.2) is 23.2 Å². The summed E-state index contributed by atoms with van der Waals surface area (Å²) in [4.78, 5) is 28.4. The van der Waals surface area contributed by atoms with Gasteiger partial charge in [-0.3, -0.25) is 4.79 Å². The summed E-state index contributed by atoms with van der Waals surface area (Å²) in [7, 11) is 0. The zero-order valence-electron chi connectivity index (χ0n) is 13.6. The summed E-state index contributed by atoms with van der Waals surface area (Å²) in [5, 5.41) is 3.21. The second-order valence-electron chi connectivity index (χ2n) is 8.02. The molecule has 23 heavy (non-hydrogen) atoms. The van der Waals surface area contributed by atoms with Crippen LogP contribution in [-0.2, 0) is 4.79 Å². The van der Waals surface area contributed by atoms with Crippen molar-refractivity contribution in [3.05, 3.63) is 29.6 Å². The van der Waals surface area contributed by atoms with E-state index in [1.807, 2.05) is 19.1 Å². The molecule has 122 valence electrons. The molecule has 1 aromatic rings. The predicted molar refractivity (Wildman–Crippen MR) is 86.9 cm³/mol. The van der Waals surface area contributed by atoms with Crippen molar-refractivity contribution in [1.29, 1.82) is 0 Å². The van der Waals surface area contributed by atoms with E-state index < -0.39 is 0 Å². The van der Waals surface area contributed by atoms with Gasteiger partial charge in [-0.05, 0) is 75.3 Å². The van der Waals surface area contributed by atoms with Gasteiger partial charge in [-0.2, -0.15) is 0 Å². The Morgan fingerprint density at radius 2 is 2.00 bits per heavy atom. The number of aldehydes is 1. The summed E-state index contributed by atoms with van der Waals surface area (Å²) in [5.41, 5.74) is 1.34. The summed E-state index contributed by atoms with van der Waals surface area (Å²) in [6.07, 6.45) is 7.66. The third-order valence-corrected chi connectivity index (χ3v) is 6.25. The molecule has 1 heterocycles. The molecule has 4 rings (SSSR count). The van der Waals surface area contributed by atoms with Crippen LogP contribution in [0.4, 0.5) is 0 Å². The number of nitrogens with one attached hydrogen (secondary N) is 1. The van der Waals surface area contributed by atoms with Gasteiger partial charge in [0.05, 0.1) is 0 Å². The molecule has 4 heteroatoms. The SMILES string of the molecule is Cc1cccc(C(=O)NC2CC3CC4CC(C=O)(C3)CC4C2)n1. The maximum atomic E-state index is 12.5. The minimum atomic E-state index is -0.0591. The van der Waals surface area contributed by atoms with Gasteiger partial charge in [0, 0.05) is 17.2 Å². The van der Waals surface area contributed by atoms with E-state index in [9.17, 15) is 9.59 Å². The number of hydrogen-bond acceptors (Lipinski definition) is 3. The number of carbonyl (C=O) groups excluding carboxylic acids is 2. The lowest BCUT2D eigenvalue weighted by molar-refractivity contribution is -0.118. The highest BCUT2D eigenvalue weighted by molar-refractivity contribution is 5.92. The predicted octanol–water partition coefficient (Wildman–Crippen LogP) is 2.90. The Hall–Kier alpha value is -1.71. The first-order valence-electron chi connectivity index (χ1n) is 8.78. The Labute approximate surface area is 137 Å². The number of aryl methyl sites for hydroxylation is 1. The Balaban J connectivity index is 1.48. The molecule has 5 unspecified atom stereocenters. The van der Waals surface area contributed by atoms with E-state index in [0.717, 1.165) is 37.8 Å². The number of rotatable bonds is 3. The molecule has 3 fully saturated rings. The number of fused-ring (bicyclic) bond motifs is 2. The normalized spacial score (nSPS) is 38.1. The Morgan fingerprint density at radius 3 is 2.74 bits per heavy atom. The minimum Gasteiger partial charge on any atom is -0.348 e.